The molecule has 0 saturated carbocycles. The van der Waals surface area contributed by atoms with Gasteiger partial charge in [-0.2, -0.15) is 0 Å². The van der Waals surface area contributed by atoms with E-state index in [0.29, 0.717) is 12.2 Å². The van der Waals surface area contributed by atoms with Crippen LogP contribution >= 0.6 is 0 Å². The molecule has 1 fully saturated rings. The van der Waals surface area contributed by atoms with Crippen LogP contribution in [0.5, 0.6) is 5.75 Å². The Bertz CT molecular complexity index is 985. The Balaban J connectivity index is 1.45. The number of nitrogens with zero attached hydrogens (tertiary/aromatic N) is 2. The minimum Gasteiger partial charge on any atom is -0.496 e. The van der Waals surface area contributed by atoms with Gasteiger partial charge in [0.15, 0.2) is 0 Å². The molecule has 1 aliphatic rings. The Morgan fingerprint density at radius 1 is 1.14 bits per heavy atom. The van der Waals surface area contributed by atoms with Gasteiger partial charge in [-0.3, -0.25) is 9.88 Å². The van der Waals surface area contributed by atoms with Crippen LogP contribution in [0.3, 0.4) is 0 Å². The minimum absolute atomic E-state index is 0.0779. The first-order valence-electron chi connectivity index (χ1n) is 10.0. The van der Waals surface area contributed by atoms with Crippen molar-refractivity contribution < 1.29 is 9.53 Å². The molecule has 0 radical (unpaired) electrons. The number of anilines is 1. The van der Waals surface area contributed by atoms with Gasteiger partial charge >= 0.3 is 6.03 Å². The predicted octanol–water partition coefficient (Wildman–Crippen LogP) is 4.20. The third-order valence-electron chi connectivity index (χ3n) is 5.38. The number of ether oxygens (including phenoxy) is 1. The van der Waals surface area contributed by atoms with Crippen molar-refractivity contribution in [2.75, 3.05) is 32.1 Å². The summed E-state index contributed by atoms with van der Waals surface area (Å²) in [5.41, 5.74) is 2.68. The molecule has 6 heteroatoms. The molecule has 1 aliphatic heterocycles. The zero-order valence-corrected chi connectivity index (χ0v) is 16.6. The molecule has 6 nitrogen and oxygen atoms in total. The van der Waals surface area contributed by atoms with Crippen LogP contribution in [-0.4, -0.2) is 42.7 Å². The maximum Gasteiger partial charge on any atom is 0.319 e. The van der Waals surface area contributed by atoms with E-state index in [2.05, 4.69) is 26.6 Å². The molecule has 0 bridgehead atoms. The van der Waals surface area contributed by atoms with Gasteiger partial charge in [0.05, 0.1) is 30.6 Å². The van der Waals surface area contributed by atoms with Gasteiger partial charge in [-0.1, -0.05) is 36.4 Å². The Hall–Kier alpha value is -3.12. The maximum absolute atomic E-state index is 12.6. The molecule has 1 aromatic heterocycles. The van der Waals surface area contributed by atoms with Gasteiger partial charge in [0.2, 0.25) is 0 Å². The molecule has 1 atom stereocenters. The first-order chi connectivity index (χ1) is 14.2. The molecule has 0 spiro atoms. The number of carbonyl (C=O) groups is 1. The van der Waals surface area contributed by atoms with Crippen molar-refractivity contribution in [1.29, 1.82) is 0 Å². The first kappa shape index (κ1) is 19.2. The summed E-state index contributed by atoms with van der Waals surface area (Å²) in [5.74, 6) is 0.852. The number of methoxy groups -OCH3 is 1. The van der Waals surface area contributed by atoms with Gasteiger partial charge < -0.3 is 15.4 Å². The van der Waals surface area contributed by atoms with Crippen molar-refractivity contribution in [3.05, 3.63) is 66.4 Å². The normalized spacial score (nSPS) is 15.2. The number of para-hydroxylation sites is 2. The highest BCUT2D eigenvalue weighted by Crippen LogP contribution is 2.31. The van der Waals surface area contributed by atoms with Crippen molar-refractivity contribution in [3.63, 3.8) is 0 Å². The van der Waals surface area contributed by atoms with Crippen LogP contribution in [0.25, 0.3) is 10.9 Å². The number of fused-ring (bicyclic) bond motifs is 1. The van der Waals surface area contributed by atoms with E-state index in [-0.39, 0.29) is 12.1 Å². The molecule has 2 aromatic carbocycles. The summed E-state index contributed by atoms with van der Waals surface area (Å²) in [7, 11) is 1.69. The summed E-state index contributed by atoms with van der Waals surface area (Å²) < 4.78 is 5.57. The van der Waals surface area contributed by atoms with Crippen LogP contribution in [-0.2, 0) is 0 Å². The highest BCUT2D eigenvalue weighted by molar-refractivity contribution is 5.92. The zero-order valence-electron chi connectivity index (χ0n) is 16.6. The van der Waals surface area contributed by atoms with E-state index in [0.717, 1.165) is 35.3 Å². The van der Waals surface area contributed by atoms with Crippen molar-refractivity contribution >= 4 is 22.6 Å². The smallest absolute Gasteiger partial charge is 0.319 e. The fraction of sp³-hybridized carbons (Fsp3) is 0.304. The third-order valence-corrected chi connectivity index (χ3v) is 5.38. The third kappa shape index (κ3) is 4.49. The Morgan fingerprint density at radius 2 is 1.90 bits per heavy atom. The van der Waals surface area contributed by atoms with Crippen LogP contribution in [0.1, 0.15) is 24.4 Å². The van der Waals surface area contributed by atoms with E-state index in [4.69, 9.17) is 4.74 Å². The molecule has 2 N–H and O–H groups in total. The second-order valence-electron chi connectivity index (χ2n) is 7.25. The topological polar surface area (TPSA) is 66.5 Å². The summed E-state index contributed by atoms with van der Waals surface area (Å²) in [6, 6.07) is 17.7. The number of hydrogen-bond donors (Lipinski definition) is 2. The summed E-state index contributed by atoms with van der Waals surface area (Å²) in [5, 5.41) is 6.92. The lowest BCUT2D eigenvalue weighted by Gasteiger charge is -2.29. The van der Waals surface area contributed by atoms with Gasteiger partial charge in [0, 0.05) is 17.5 Å². The Morgan fingerprint density at radius 3 is 2.72 bits per heavy atom. The quantitative estimate of drug-likeness (QED) is 0.662. The number of amides is 2. The van der Waals surface area contributed by atoms with Crippen LogP contribution in [0, 0.1) is 0 Å². The predicted molar refractivity (Wildman–Crippen MR) is 115 cm³/mol. The van der Waals surface area contributed by atoms with E-state index >= 15 is 0 Å². The van der Waals surface area contributed by atoms with Crippen molar-refractivity contribution in [2.24, 2.45) is 0 Å². The molecule has 2 heterocycles. The van der Waals surface area contributed by atoms with Crippen molar-refractivity contribution in [2.45, 2.75) is 18.9 Å². The SMILES string of the molecule is COc1ccccc1[C@@H](CNC(=O)Nc1cnc2ccccc2c1)N1CCCC1. The highest BCUT2D eigenvalue weighted by Gasteiger charge is 2.26. The van der Waals surface area contributed by atoms with Crippen molar-refractivity contribution in [1.82, 2.24) is 15.2 Å². The molecule has 150 valence electrons. The fourth-order valence-corrected chi connectivity index (χ4v) is 3.93. The number of pyridine rings is 1. The number of benzene rings is 2. The highest BCUT2D eigenvalue weighted by atomic mass is 16.5. The minimum atomic E-state index is -0.235. The number of aromatic nitrogens is 1. The molecule has 4 rings (SSSR count). The molecule has 2 amide bonds. The second kappa shape index (κ2) is 8.92. The summed E-state index contributed by atoms with van der Waals surface area (Å²) in [6.45, 7) is 2.56. The van der Waals surface area contributed by atoms with Crippen LogP contribution in [0.15, 0.2) is 60.8 Å². The number of hydrogen-bond acceptors (Lipinski definition) is 4. The average molecular weight is 390 g/mol. The van der Waals surface area contributed by atoms with Crippen LogP contribution in [0.2, 0.25) is 0 Å². The maximum atomic E-state index is 12.6. The summed E-state index contributed by atoms with van der Waals surface area (Å²) >= 11 is 0. The molecule has 1 saturated heterocycles. The molecule has 0 unspecified atom stereocenters. The molecular weight excluding hydrogens is 364 g/mol. The molecule has 29 heavy (non-hydrogen) atoms. The van der Waals surface area contributed by atoms with Crippen molar-refractivity contribution in [3.8, 4) is 5.75 Å². The van der Waals surface area contributed by atoms with Gasteiger partial charge in [-0.05, 0) is 44.1 Å². The standard InChI is InChI=1S/C23H26N4O2/c1-29-22-11-5-3-9-19(22)21(27-12-6-7-13-27)16-25-23(28)26-18-14-17-8-2-4-10-20(17)24-15-18/h2-5,8-11,14-15,21H,6-7,12-13,16H2,1H3,(H2,25,26,28)/t21-/m1/s1. The molecule has 0 aliphatic carbocycles. The number of rotatable bonds is 6. The fourth-order valence-electron chi connectivity index (χ4n) is 3.93. The number of urea groups is 1. The largest absolute Gasteiger partial charge is 0.496 e. The van der Waals surface area contributed by atoms with E-state index in [1.165, 1.54) is 12.8 Å². The average Bonchev–Trinajstić information content (AvgIpc) is 3.29. The molecule has 3 aromatic rings. The first-order valence-corrected chi connectivity index (χ1v) is 10.0. The second-order valence-corrected chi connectivity index (χ2v) is 7.25. The number of carbonyl (C=O) groups excluding carboxylic acids is 1. The van der Waals surface area contributed by atoms with E-state index < -0.39 is 0 Å². The zero-order chi connectivity index (χ0) is 20.1. The monoisotopic (exact) mass is 390 g/mol. The van der Waals surface area contributed by atoms with Gasteiger partial charge in [0.1, 0.15) is 5.75 Å². The van der Waals surface area contributed by atoms with E-state index in [1.54, 1.807) is 13.3 Å². The number of nitrogens with one attached hydrogen (secondary N) is 2. The molecular formula is C23H26N4O2. The van der Waals surface area contributed by atoms with E-state index in [1.807, 2.05) is 48.5 Å². The number of likely N-dealkylation sites (tertiary alicyclic amines) is 1. The van der Waals surface area contributed by atoms with Gasteiger partial charge in [-0.15, -0.1) is 0 Å². The lowest BCUT2D eigenvalue weighted by molar-refractivity contribution is 0.224. The van der Waals surface area contributed by atoms with Crippen LogP contribution < -0.4 is 15.4 Å². The summed E-state index contributed by atoms with van der Waals surface area (Å²) in [4.78, 5) is 19.4. The van der Waals surface area contributed by atoms with E-state index in [9.17, 15) is 4.79 Å². The Kier molecular flexibility index (Phi) is 5.91. The Labute approximate surface area is 170 Å². The lowest BCUT2D eigenvalue weighted by Crippen LogP contribution is -2.38. The van der Waals surface area contributed by atoms with Gasteiger partial charge in [0.25, 0.3) is 0 Å². The lowest BCUT2D eigenvalue weighted by atomic mass is 10.0. The van der Waals surface area contributed by atoms with Crippen LogP contribution in [0.4, 0.5) is 10.5 Å². The summed E-state index contributed by atoms with van der Waals surface area (Å²) in [6.07, 6.45) is 4.04. The van der Waals surface area contributed by atoms with Gasteiger partial charge in [-0.25, -0.2) is 4.79 Å².